The zero-order valence-electron chi connectivity index (χ0n) is 11.5. The molecule has 0 spiro atoms. The van der Waals surface area contributed by atoms with E-state index in [1.807, 2.05) is 29.2 Å². The van der Waals surface area contributed by atoms with Crippen molar-refractivity contribution in [3.05, 3.63) is 24.3 Å². The highest BCUT2D eigenvalue weighted by molar-refractivity contribution is 5.79. The number of carboxylic acids is 1. The third-order valence-corrected chi connectivity index (χ3v) is 3.54. The number of nitrogens with two attached hydrogens (primary N) is 1. The van der Waals surface area contributed by atoms with Crippen molar-refractivity contribution in [2.45, 2.75) is 12.0 Å². The van der Waals surface area contributed by atoms with Crippen LogP contribution in [0.2, 0.25) is 0 Å². The van der Waals surface area contributed by atoms with Crippen LogP contribution in [0.3, 0.4) is 0 Å². The number of ether oxygens (including phenoxy) is 2. The number of hydrogen-bond acceptors (Lipinski definition) is 5. The van der Waals surface area contributed by atoms with Crippen molar-refractivity contribution in [3.8, 4) is 11.5 Å². The Morgan fingerprint density at radius 2 is 2.15 bits per heavy atom. The van der Waals surface area contributed by atoms with Gasteiger partial charge in [-0.1, -0.05) is 12.1 Å². The lowest BCUT2D eigenvalue weighted by Gasteiger charge is -2.20. The van der Waals surface area contributed by atoms with Crippen molar-refractivity contribution in [1.82, 2.24) is 4.90 Å². The number of benzene rings is 1. The van der Waals surface area contributed by atoms with Crippen molar-refractivity contribution in [3.63, 3.8) is 0 Å². The molecule has 2 rings (SSSR count). The van der Waals surface area contributed by atoms with Crippen LogP contribution in [-0.2, 0) is 4.79 Å². The number of rotatable bonds is 6. The van der Waals surface area contributed by atoms with Gasteiger partial charge in [-0.15, -0.1) is 0 Å². The molecule has 1 aromatic rings. The van der Waals surface area contributed by atoms with E-state index >= 15 is 0 Å². The minimum atomic E-state index is -1.12. The molecule has 3 N–H and O–H groups in total. The Balaban J connectivity index is 1.81. The monoisotopic (exact) mass is 280 g/mol. The van der Waals surface area contributed by atoms with E-state index in [1.54, 1.807) is 7.11 Å². The van der Waals surface area contributed by atoms with Gasteiger partial charge in [0.2, 0.25) is 0 Å². The molecule has 1 aromatic carbocycles. The Labute approximate surface area is 118 Å². The van der Waals surface area contributed by atoms with Crippen LogP contribution in [0.25, 0.3) is 0 Å². The maximum absolute atomic E-state index is 11.0. The Morgan fingerprint density at radius 1 is 1.45 bits per heavy atom. The molecule has 110 valence electrons. The van der Waals surface area contributed by atoms with Crippen LogP contribution in [0.5, 0.6) is 11.5 Å². The molecule has 0 bridgehead atoms. The normalized spacial score (nSPS) is 22.7. The van der Waals surface area contributed by atoms with Gasteiger partial charge in [0.25, 0.3) is 0 Å². The molecule has 6 heteroatoms. The van der Waals surface area contributed by atoms with E-state index in [0.717, 1.165) is 0 Å². The van der Waals surface area contributed by atoms with E-state index in [9.17, 15) is 4.79 Å². The van der Waals surface area contributed by atoms with Crippen LogP contribution in [0, 0.1) is 0 Å². The predicted octanol–water partition coefficient (Wildman–Crippen LogP) is 0.562. The summed E-state index contributed by atoms with van der Waals surface area (Å²) in [6.07, 6.45) is 0.469. The maximum atomic E-state index is 11.0. The number of nitrogens with zero attached hydrogens (tertiary/aromatic N) is 1. The number of likely N-dealkylation sites (tertiary alicyclic amines) is 1. The van der Waals surface area contributed by atoms with Crippen molar-refractivity contribution < 1.29 is 19.4 Å². The largest absolute Gasteiger partial charge is 0.493 e. The molecular weight excluding hydrogens is 260 g/mol. The molecule has 1 fully saturated rings. The van der Waals surface area contributed by atoms with Gasteiger partial charge >= 0.3 is 5.97 Å². The van der Waals surface area contributed by atoms with Gasteiger partial charge in [0.1, 0.15) is 12.1 Å². The van der Waals surface area contributed by atoms with Gasteiger partial charge in [-0.3, -0.25) is 9.69 Å². The molecule has 1 aliphatic heterocycles. The minimum Gasteiger partial charge on any atom is -0.493 e. The first-order valence-electron chi connectivity index (χ1n) is 6.55. The highest BCUT2D eigenvalue weighted by Crippen LogP contribution is 2.26. The summed E-state index contributed by atoms with van der Waals surface area (Å²) in [5.41, 5.74) is 4.70. The summed E-state index contributed by atoms with van der Waals surface area (Å²) < 4.78 is 10.9. The Morgan fingerprint density at radius 3 is 2.75 bits per heavy atom. The van der Waals surface area contributed by atoms with Gasteiger partial charge in [0.15, 0.2) is 11.5 Å². The number of carboxylic acid groups (broad SMARTS) is 1. The van der Waals surface area contributed by atoms with Crippen LogP contribution in [0.1, 0.15) is 6.42 Å². The summed E-state index contributed by atoms with van der Waals surface area (Å²) in [5.74, 6) is 0.435. The van der Waals surface area contributed by atoms with Crippen molar-refractivity contribution in [2.24, 2.45) is 5.73 Å². The molecule has 0 amide bonds. The highest BCUT2D eigenvalue weighted by atomic mass is 16.5. The Bertz CT molecular complexity index is 480. The molecule has 20 heavy (non-hydrogen) atoms. The van der Waals surface area contributed by atoms with Crippen LogP contribution >= 0.6 is 0 Å². The highest BCUT2D eigenvalue weighted by Gasteiger charge is 2.40. The third kappa shape index (κ3) is 3.20. The second kappa shape index (κ2) is 6.11. The molecule has 1 heterocycles. The molecule has 0 saturated carbocycles. The molecule has 1 unspecified atom stereocenters. The minimum absolute atomic E-state index is 0.359. The van der Waals surface area contributed by atoms with Crippen molar-refractivity contribution >= 4 is 5.97 Å². The quantitative estimate of drug-likeness (QED) is 0.792. The summed E-state index contributed by atoms with van der Waals surface area (Å²) in [6.45, 7) is 2.15. The van der Waals surface area contributed by atoms with Crippen LogP contribution in [-0.4, -0.2) is 54.9 Å². The summed E-state index contributed by atoms with van der Waals surface area (Å²) in [6, 6.07) is 7.43. The zero-order valence-corrected chi connectivity index (χ0v) is 11.5. The van der Waals surface area contributed by atoms with Crippen molar-refractivity contribution in [2.75, 3.05) is 33.4 Å². The van der Waals surface area contributed by atoms with E-state index in [-0.39, 0.29) is 0 Å². The molecule has 1 saturated heterocycles. The second-order valence-corrected chi connectivity index (χ2v) is 4.99. The summed E-state index contributed by atoms with van der Waals surface area (Å²) in [7, 11) is 1.60. The number of hydrogen-bond donors (Lipinski definition) is 2. The van der Waals surface area contributed by atoms with Gasteiger partial charge in [-0.25, -0.2) is 0 Å². The number of methoxy groups -OCH3 is 1. The number of aliphatic carboxylic acids is 1. The number of carbonyl (C=O) groups is 1. The fourth-order valence-corrected chi connectivity index (χ4v) is 2.30. The van der Waals surface area contributed by atoms with E-state index in [4.69, 9.17) is 20.3 Å². The third-order valence-electron chi connectivity index (χ3n) is 3.54. The zero-order chi connectivity index (χ0) is 14.6. The Kier molecular flexibility index (Phi) is 4.46. The van der Waals surface area contributed by atoms with E-state index < -0.39 is 11.5 Å². The van der Waals surface area contributed by atoms with Crippen LogP contribution < -0.4 is 15.2 Å². The summed E-state index contributed by atoms with van der Waals surface area (Å²) in [4.78, 5) is 13.1. The first kappa shape index (κ1) is 14.6. The maximum Gasteiger partial charge on any atom is 0.325 e. The smallest absolute Gasteiger partial charge is 0.325 e. The van der Waals surface area contributed by atoms with Crippen molar-refractivity contribution in [1.29, 1.82) is 0 Å². The summed E-state index contributed by atoms with van der Waals surface area (Å²) >= 11 is 0. The van der Waals surface area contributed by atoms with Gasteiger partial charge in [0, 0.05) is 19.6 Å². The van der Waals surface area contributed by atoms with E-state index in [0.29, 0.717) is 44.2 Å². The average molecular weight is 280 g/mol. The van der Waals surface area contributed by atoms with Gasteiger partial charge < -0.3 is 20.3 Å². The average Bonchev–Trinajstić information content (AvgIpc) is 2.82. The van der Waals surface area contributed by atoms with E-state index in [1.165, 1.54) is 0 Å². The fraction of sp³-hybridized carbons (Fsp3) is 0.500. The topological polar surface area (TPSA) is 85.0 Å². The second-order valence-electron chi connectivity index (χ2n) is 4.99. The molecule has 0 aliphatic carbocycles. The van der Waals surface area contributed by atoms with Crippen LogP contribution in [0.4, 0.5) is 0 Å². The molecule has 1 aliphatic rings. The van der Waals surface area contributed by atoms with Crippen LogP contribution in [0.15, 0.2) is 24.3 Å². The molecule has 1 atom stereocenters. The number of para-hydroxylation sites is 2. The lowest BCUT2D eigenvalue weighted by Crippen LogP contribution is -2.50. The standard InChI is InChI=1S/C14H20N2O4/c1-19-11-4-2-3-5-12(11)20-9-8-16-7-6-14(15,10-16)13(17)18/h2-5H,6-10,15H2,1H3,(H,17,18). The Hall–Kier alpha value is -1.79. The predicted molar refractivity (Wildman–Crippen MR) is 74.1 cm³/mol. The van der Waals surface area contributed by atoms with E-state index in [2.05, 4.69) is 0 Å². The SMILES string of the molecule is COc1ccccc1OCCN1CCC(N)(C(=O)O)C1. The van der Waals surface area contributed by atoms with Gasteiger partial charge in [-0.05, 0) is 18.6 Å². The molecular formula is C14H20N2O4. The first-order chi connectivity index (χ1) is 9.55. The lowest BCUT2D eigenvalue weighted by atomic mass is 10.0. The lowest BCUT2D eigenvalue weighted by molar-refractivity contribution is -0.142. The summed E-state index contributed by atoms with van der Waals surface area (Å²) in [5, 5.41) is 9.06. The first-order valence-corrected chi connectivity index (χ1v) is 6.55. The molecule has 0 radical (unpaired) electrons. The fourth-order valence-electron chi connectivity index (χ4n) is 2.30. The molecule has 0 aromatic heterocycles. The molecule has 6 nitrogen and oxygen atoms in total. The van der Waals surface area contributed by atoms with Gasteiger partial charge in [0.05, 0.1) is 7.11 Å². The van der Waals surface area contributed by atoms with Gasteiger partial charge in [-0.2, -0.15) is 0 Å².